The Morgan fingerprint density at radius 3 is 2.58 bits per heavy atom. The van der Waals surface area contributed by atoms with Crippen LogP contribution in [-0.2, 0) is 16.1 Å². The van der Waals surface area contributed by atoms with Crippen LogP contribution in [0.3, 0.4) is 0 Å². The fourth-order valence-corrected chi connectivity index (χ4v) is 5.32. The second kappa shape index (κ2) is 9.51. The van der Waals surface area contributed by atoms with Crippen molar-refractivity contribution in [3.05, 3.63) is 61.1 Å². The van der Waals surface area contributed by atoms with Gasteiger partial charge in [0.25, 0.3) is 0 Å². The fourth-order valence-electron chi connectivity index (χ4n) is 5.32. The number of piperidine rings is 1. The number of carbonyl (C=O) groups is 3. The molecule has 10 heteroatoms. The Morgan fingerprint density at radius 1 is 1.18 bits per heavy atom. The van der Waals surface area contributed by atoms with Crippen molar-refractivity contribution < 1.29 is 14.4 Å². The Hall–Kier alpha value is -4.34. The minimum atomic E-state index is -0.610. The molecule has 2 fully saturated rings. The zero-order valence-corrected chi connectivity index (χ0v) is 21.9. The Morgan fingerprint density at radius 2 is 1.92 bits per heavy atom. The highest BCUT2D eigenvalue weighted by Gasteiger charge is 2.64. The number of carbonyl (C=O) groups excluding carboxylic acids is 3. The lowest BCUT2D eigenvalue weighted by molar-refractivity contribution is -0.137. The topological polar surface area (TPSA) is 123 Å². The first-order valence-corrected chi connectivity index (χ1v) is 12.5. The van der Waals surface area contributed by atoms with Gasteiger partial charge in [0.1, 0.15) is 23.8 Å². The van der Waals surface area contributed by atoms with E-state index in [1.54, 1.807) is 48.6 Å². The van der Waals surface area contributed by atoms with Gasteiger partial charge in [0.05, 0.1) is 23.4 Å². The SMILES string of the molecule is C=C/N=C(\C=C/C)C(=O)C1CC2(C)CC2N1C(=O)Cn1nc(C(C)=O)c2cc(-c3cnc(C)nc3)ncc21. The molecule has 0 spiro atoms. The number of ketones is 2. The zero-order valence-electron chi connectivity index (χ0n) is 21.9. The van der Waals surface area contributed by atoms with Gasteiger partial charge >= 0.3 is 0 Å². The highest BCUT2D eigenvalue weighted by molar-refractivity contribution is 6.46. The van der Waals surface area contributed by atoms with Gasteiger partial charge in [-0.05, 0) is 44.2 Å². The third kappa shape index (κ3) is 4.36. The Bertz CT molecular complexity index is 1540. The van der Waals surface area contributed by atoms with E-state index in [0.29, 0.717) is 34.4 Å². The molecular formula is C28H29N7O3. The van der Waals surface area contributed by atoms with E-state index in [1.807, 2.05) is 6.92 Å². The molecule has 2 aliphatic rings. The van der Waals surface area contributed by atoms with Gasteiger partial charge in [0.2, 0.25) is 11.7 Å². The molecule has 0 N–H and O–H groups in total. The predicted molar refractivity (Wildman–Crippen MR) is 143 cm³/mol. The van der Waals surface area contributed by atoms with E-state index in [2.05, 4.69) is 38.5 Å². The standard InChI is InChI=1S/C28H29N7O3/c1-6-8-20(29-7-2)27(38)22-10-28(5)11-24(28)35(22)25(37)15-34-23-14-32-21(18-12-30-17(4)31-13-18)9-19(23)26(33-34)16(3)36/h6-9,12-14,22,24H,2,10-11,15H2,1,3-5H3/b8-6-,29-20+. The third-order valence-electron chi connectivity index (χ3n) is 7.37. The summed E-state index contributed by atoms with van der Waals surface area (Å²) in [6.07, 6.45) is 11.1. The zero-order chi connectivity index (χ0) is 27.2. The van der Waals surface area contributed by atoms with E-state index in [1.165, 1.54) is 17.8 Å². The van der Waals surface area contributed by atoms with Gasteiger partial charge in [0, 0.05) is 42.5 Å². The van der Waals surface area contributed by atoms with Crippen molar-refractivity contribution in [1.82, 2.24) is 29.6 Å². The van der Waals surface area contributed by atoms with E-state index < -0.39 is 6.04 Å². The molecule has 0 bridgehead atoms. The first-order chi connectivity index (χ1) is 18.2. The smallest absolute Gasteiger partial charge is 0.245 e. The minimum Gasteiger partial charge on any atom is -0.327 e. The molecule has 1 amide bonds. The van der Waals surface area contributed by atoms with Crippen molar-refractivity contribution in [2.45, 2.75) is 59.2 Å². The number of nitrogens with zero attached hydrogens (tertiary/aromatic N) is 7. The van der Waals surface area contributed by atoms with Gasteiger partial charge in [-0.1, -0.05) is 19.6 Å². The minimum absolute atomic E-state index is 0.0140. The van der Waals surface area contributed by atoms with Crippen molar-refractivity contribution in [2.24, 2.45) is 10.4 Å². The molecule has 38 heavy (non-hydrogen) atoms. The molecule has 1 aliphatic carbocycles. The van der Waals surface area contributed by atoms with Gasteiger partial charge in [-0.25, -0.2) is 9.97 Å². The summed E-state index contributed by atoms with van der Waals surface area (Å²) in [6, 6.07) is 1.14. The van der Waals surface area contributed by atoms with E-state index in [4.69, 9.17) is 0 Å². The quantitative estimate of drug-likeness (QED) is 0.335. The van der Waals surface area contributed by atoms with Crippen molar-refractivity contribution in [3.8, 4) is 11.3 Å². The summed E-state index contributed by atoms with van der Waals surface area (Å²) < 4.78 is 1.50. The van der Waals surface area contributed by atoms with Gasteiger partial charge < -0.3 is 4.90 Å². The van der Waals surface area contributed by atoms with Crippen molar-refractivity contribution in [3.63, 3.8) is 0 Å². The van der Waals surface area contributed by atoms with Crippen LogP contribution in [0.1, 0.15) is 49.9 Å². The van der Waals surface area contributed by atoms with Gasteiger partial charge in [-0.15, -0.1) is 0 Å². The molecule has 194 valence electrons. The van der Waals surface area contributed by atoms with Crippen LogP contribution >= 0.6 is 0 Å². The summed E-state index contributed by atoms with van der Waals surface area (Å²) in [5.74, 6) is -0.0153. The average molecular weight is 512 g/mol. The van der Waals surface area contributed by atoms with Crippen LogP contribution in [0.5, 0.6) is 0 Å². The van der Waals surface area contributed by atoms with Crippen LogP contribution in [0.2, 0.25) is 0 Å². The largest absolute Gasteiger partial charge is 0.327 e. The maximum absolute atomic E-state index is 13.7. The van der Waals surface area contributed by atoms with Crippen LogP contribution in [0, 0.1) is 12.3 Å². The summed E-state index contributed by atoms with van der Waals surface area (Å²) in [5, 5.41) is 5.08. The molecule has 1 saturated heterocycles. The molecule has 3 unspecified atom stereocenters. The molecule has 1 aliphatic heterocycles. The number of likely N-dealkylation sites (tertiary alicyclic amines) is 1. The molecule has 0 radical (unpaired) electrons. The lowest BCUT2D eigenvalue weighted by atomic mass is 9.97. The van der Waals surface area contributed by atoms with Crippen molar-refractivity contribution in [1.29, 1.82) is 0 Å². The monoisotopic (exact) mass is 511 g/mol. The number of hydrogen-bond donors (Lipinski definition) is 0. The maximum Gasteiger partial charge on any atom is 0.245 e. The van der Waals surface area contributed by atoms with Crippen LogP contribution in [0.25, 0.3) is 22.2 Å². The lowest BCUT2D eigenvalue weighted by Gasteiger charge is -2.26. The first kappa shape index (κ1) is 25.3. The highest BCUT2D eigenvalue weighted by Crippen LogP contribution is 2.59. The van der Waals surface area contributed by atoms with Crippen LogP contribution < -0.4 is 0 Å². The number of aryl methyl sites for hydroxylation is 1. The molecule has 3 aromatic rings. The predicted octanol–water partition coefficient (Wildman–Crippen LogP) is 3.51. The van der Waals surface area contributed by atoms with Gasteiger partial charge in [-0.3, -0.25) is 29.0 Å². The van der Waals surface area contributed by atoms with Gasteiger partial charge in [-0.2, -0.15) is 5.10 Å². The van der Waals surface area contributed by atoms with E-state index in [9.17, 15) is 14.4 Å². The van der Waals surface area contributed by atoms with E-state index >= 15 is 0 Å². The lowest BCUT2D eigenvalue weighted by Crippen LogP contribution is -2.46. The summed E-state index contributed by atoms with van der Waals surface area (Å²) in [5.41, 5.74) is 2.31. The first-order valence-electron chi connectivity index (χ1n) is 12.5. The molecule has 10 nitrogen and oxygen atoms in total. The van der Waals surface area contributed by atoms with Crippen LogP contribution in [-0.4, -0.2) is 64.9 Å². The number of aromatic nitrogens is 5. The number of hydrogen-bond acceptors (Lipinski definition) is 8. The third-order valence-corrected chi connectivity index (χ3v) is 7.37. The number of fused-ring (bicyclic) bond motifs is 2. The number of rotatable bonds is 8. The van der Waals surface area contributed by atoms with Gasteiger partial charge in [0.15, 0.2) is 5.78 Å². The number of aliphatic imine (C=N–C) groups is 1. The molecule has 5 rings (SSSR count). The molecule has 4 heterocycles. The number of Topliss-reactive ketones (excluding diaryl/α,β-unsaturated/α-hetero) is 2. The fraction of sp³-hybridized carbons (Fsp3) is 0.357. The number of pyridine rings is 1. The van der Waals surface area contributed by atoms with Crippen LogP contribution in [0.15, 0.2) is 54.6 Å². The van der Waals surface area contributed by atoms with E-state index in [-0.39, 0.29) is 46.9 Å². The average Bonchev–Trinajstić information content (AvgIpc) is 3.25. The van der Waals surface area contributed by atoms with Crippen molar-refractivity contribution in [2.75, 3.05) is 0 Å². The molecular weight excluding hydrogens is 482 g/mol. The summed E-state index contributed by atoms with van der Waals surface area (Å²) in [6.45, 7) is 10.6. The Balaban J connectivity index is 1.48. The summed E-state index contributed by atoms with van der Waals surface area (Å²) in [4.78, 5) is 58.3. The number of amides is 1. The Kier molecular flexibility index (Phi) is 6.34. The van der Waals surface area contributed by atoms with Crippen LogP contribution in [0.4, 0.5) is 0 Å². The second-order valence-corrected chi connectivity index (χ2v) is 10.1. The summed E-state index contributed by atoms with van der Waals surface area (Å²) >= 11 is 0. The van der Waals surface area contributed by atoms with E-state index in [0.717, 1.165) is 6.42 Å². The van der Waals surface area contributed by atoms with Crippen molar-refractivity contribution >= 4 is 34.1 Å². The second-order valence-electron chi connectivity index (χ2n) is 10.1. The summed E-state index contributed by atoms with van der Waals surface area (Å²) in [7, 11) is 0. The normalized spacial score (nSPS) is 22.6. The molecule has 3 atom stereocenters. The maximum atomic E-state index is 13.7. The number of allylic oxidation sites excluding steroid dienone is 2. The Labute approximate surface area is 220 Å². The molecule has 3 aromatic heterocycles. The highest BCUT2D eigenvalue weighted by atomic mass is 16.2. The molecule has 0 aromatic carbocycles. The molecule has 1 saturated carbocycles.